The summed E-state index contributed by atoms with van der Waals surface area (Å²) in [5.74, 6) is -0.226. The molecule has 2 aromatic rings. The van der Waals surface area contributed by atoms with Crippen molar-refractivity contribution in [2.45, 2.75) is 20.1 Å². The average molecular weight is 378 g/mol. The lowest BCUT2D eigenvalue weighted by molar-refractivity contribution is 0.0822. The summed E-state index contributed by atoms with van der Waals surface area (Å²) in [7, 11) is 1.83. The number of benzene rings is 1. The third kappa shape index (κ3) is 3.26. The third-order valence-corrected chi connectivity index (χ3v) is 4.69. The molecular weight excluding hydrogens is 359 g/mol. The van der Waals surface area contributed by atoms with E-state index in [1.165, 1.54) is 17.0 Å². The Morgan fingerprint density at radius 2 is 2.14 bits per heavy atom. The second kappa shape index (κ2) is 6.92. The molecule has 1 aromatic heterocycles. The molecule has 0 N–H and O–H groups in total. The van der Waals surface area contributed by atoms with Crippen LogP contribution in [0.25, 0.3) is 0 Å². The van der Waals surface area contributed by atoms with Gasteiger partial charge >= 0.3 is 0 Å². The number of amides is 1. The number of hydrogen-bond donors (Lipinski definition) is 0. The van der Waals surface area contributed by atoms with Crippen LogP contribution < -0.4 is 4.74 Å². The lowest BCUT2D eigenvalue weighted by atomic mass is 10.1. The predicted molar refractivity (Wildman–Crippen MR) is 103 cm³/mol. The normalized spacial score (nSPS) is 15.8. The summed E-state index contributed by atoms with van der Waals surface area (Å²) in [6.07, 6.45) is 5.04. The molecule has 2 aliphatic heterocycles. The van der Waals surface area contributed by atoms with Crippen LogP contribution in [0.4, 0.5) is 4.39 Å². The molecule has 0 fully saturated rings. The number of allylic oxidation sites excluding steroid dienone is 1. The Morgan fingerprint density at radius 1 is 1.32 bits per heavy atom. The van der Waals surface area contributed by atoms with Gasteiger partial charge in [0.25, 0.3) is 5.91 Å². The van der Waals surface area contributed by atoms with E-state index in [-0.39, 0.29) is 24.8 Å². The molecule has 7 heteroatoms. The van der Waals surface area contributed by atoms with Gasteiger partial charge in [-0.1, -0.05) is 12.6 Å². The zero-order valence-corrected chi connectivity index (χ0v) is 15.6. The van der Waals surface area contributed by atoms with Crippen molar-refractivity contribution < 1.29 is 13.9 Å². The minimum Gasteiger partial charge on any atom is -0.484 e. The fourth-order valence-electron chi connectivity index (χ4n) is 3.00. The van der Waals surface area contributed by atoms with E-state index in [0.717, 1.165) is 11.3 Å². The lowest BCUT2D eigenvalue weighted by Crippen LogP contribution is -2.27. The molecule has 6 nitrogen and oxygen atoms in total. The first kappa shape index (κ1) is 17.9. The fourth-order valence-corrected chi connectivity index (χ4v) is 3.00. The van der Waals surface area contributed by atoms with Crippen LogP contribution in [-0.2, 0) is 13.2 Å². The third-order valence-electron chi connectivity index (χ3n) is 4.69. The van der Waals surface area contributed by atoms with Crippen molar-refractivity contribution in [1.29, 1.82) is 0 Å². The predicted octanol–water partition coefficient (Wildman–Crippen LogP) is 3.39. The first-order chi connectivity index (χ1) is 13.4. The summed E-state index contributed by atoms with van der Waals surface area (Å²) in [5.41, 5.74) is 3.46. The van der Waals surface area contributed by atoms with E-state index in [2.05, 4.69) is 16.6 Å². The Morgan fingerprint density at radius 3 is 2.86 bits per heavy atom. The Balaban J connectivity index is 1.55. The van der Waals surface area contributed by atoms with Gasteiger partial charge in [0.15, 0.2) is 17.4 Å². The largest absolute Gasteiger partial charge is 0.484 e. The van der Waals surface area contributed by atoms with Crippen LogP contribution in [0.3, 0.4) is 0 Å². The molecule has 2 aliphatic rings. The van der Waals surface area contributed by atoms with Crippen molar-refractivity contribution in [1.82, 2.24) is 14.8 Å². The summed E-state index contributed by atoms with van der Waals surface area (Å²) in [5, 5.41) is 0. The molecule has 0 atom stereocenters. The van der Waals surface area contributed by atoms with E-state index in [1.54, 1.807) is 23.5 Å². The van der Waals surface area contributed by atoms with Gasteiger partial charge in [0.1, 0.15) is 6.61 Å². The number of aryl methyl sites for hydroxylation is 1. The van der Waals surface area contributed by atoms with Gasteiger partial charge in [-0.3, -0.25) is 14.7 Å². The van der Waals surface area contributed by atoms with Gasteiger partial charge in [0.2, 0.25) is 0 Å². The minimum atomic E-state index is -0.507. The number of aliphatic imine (C=N–C) groups is 1. The minimum absolute atomic E-state index is 0.0305. The molecule has 1 aromatic carbocycles. The molecule has 1 amide bonds. The highest BCUT2D eigenvalue weighted by molar-refractivity contribution is 6.00. The van der Waals surface area contributed by atoms with Gasteiger partial charge in [-0.15, -0.1) is 0 Å². The van der Waals surface area contributed by atoms with Gasteiger partial charge in [-0.2, -0.15) is 0 Å². The Hall–Kier alpha value is -3.48. The van der Waals surface area contributed by atoms with Crippen LogP contribution in [0.5, 0.6) is 5.75 Å². The van der Waals surface area contributed by atoms with Gasteiger partial charge in [-0.25, -0.2) is 9.38 Å². The lowest BCUT2D eigenvalue weighted by Gasteiger charge is -2.24. The van der Waals surface area contributed by atoms with Crippen LogP contribution >= 0.6 is 0 Å². The highest BCUT2D eigenvalue weighted by Crippen LogP contribution is 2.32. The smallest absolute Gasteiger partial charge is 0.260 e. The monoisotopic (exact) mass is 378 g/mol. The van der Waals surface area contributed by atoms with E-state index < -0.39 is 5.82 Å². The van der Waals surface area contributed by atoms with Crippen molar-refractivity contribution in [3.8, 4) is 5.75 Å². The van der Waals surface area contributed by atoms with Gasteiger partial charge in [0, 0.05) is 25.0 Å². The topological polar surface area (TPSA) is 58.0 Å². The van der Waals surface area contributed by atoms with Crippen LogP contribution in [0.2, 0.25) is 0 Å². The van der Waals surface area contributed by atoms with Gasteiger partial charge in [-0.05, 0) is 36.2 Å². The second-order valence-electron chi connectivity index (χ2n) is 6.79. The molecule has 0 unspecified atom stereocenters. The molecular formula is C21H19FN4O2. The van der Waals surface area contributed by atoms with Crippen LogP contribution in [-0.4, -0.2) is 34.0 Å². The fraction of sp³-hybridized carbons (Fsp3) is 0.190. The molecule has 0 spiro atoms. The molecule has 4 rings (SSSR count). The first-order valence-electron chi connectivity index (χ1n) is 8.78. The van der Waals surface area contributed by atoms with E-state index >= 15 is 0 Å². The van der Waals surface area contributed by atoms with Gasteiger partial charge < -0.3 is 9.64 Å². The van der Waals surface area contributed by atoms with Gasteiger partial charge in [0.05, 0.1) is 24.2 Å². The van der Waals surface area contributed by atoms with Crippen molar-refractivity contribution >= 4 is 12.1 Å². The molecule has 28 heavy (non-hydrogen) atoms. The zero-order chi connectivity index (χ0) is 19.8. The number of aromatic nitrogens is 1. The summed E-state index contributed by atoms with van der Waals surface area (Å²) < 4.78 is 20.1. The number of nitrogens with zero attached hydrogens (tertiary/aromatic N) is 4. The van der Waals surface area contributed by atoms with Crippen molar-refractivity contribution in [2.75, 3.05) is 7.05 Å². The van der Waals surface area contributed by atoms with Crippen LogP contribution in [0.1, 0.15) is 27.2 Å². The Kier molecular flexibility index (Phi) is 4.43. The molecule has 0 bridgehead atoms. The number of ether oxygens (including phenoxy) is 1. The molecule has 0 radical (unpaired) electrons. The quantitative estimate of drug-likeness (QED) is 0.818. The maximum atomic E-state index is 14.5. The SMILES string of the molecule is C=C1C=NC(N2Cc3cc(F)c(OCc4ccc(C)cn4)cc3C2=O)=CN1C. The average Bonchev–Trinajstić information content (AvgIpc) is 2.99. The van der Waals surface area contributed by atoms with E-state index in [4.69, 9.17) is 4.74 Å². The molecule has 3 heterocycles. The molecule has 0 aliphatic carbocycles. The molecule has 0 saturated carbocycles. The maximum Gasteiger partial charge on any atom is 0.260 e. The van der Waals surface area contributed by atoms with E-state index in [1.807, 2.05) is 26.1 Å². The number of carbonyl (C=O) groups excluding carboxylic acids is 1. The van der Waals surface area contributed by atoms with E-state index in [9.17, 15) is 9.18 Å². The molecule has 0 saturated heterocycles. The molecule has 142 valence electrons. The number of pyridine rings is 1. The zero-order valence-electron chi connectivity index (χ0n) is 15.6. The Labute approximate surface area is 162 Å². The number of rotatable bonds is 4. The Bertz CT molecular complexity index is 1030. The van der Waals surface area contributed by atoms with Crippen LogP contribution in [0, 0.1) is 12.7 Å². The summed E-state index contributed by atoms with van der Waals surface area (Å²) in [6, 6.07) is 6.54. The first-order valence-corrected chi connectivity index (χ1v) is 8.78. The number of carbonyl (C=O) groups is 1. The second-order valence-corrected chi connectivity index (χ2v) is 6.79. The highest BCUT2D eigenvalue weighted by atomic mass is 19.1. The number of fused-ring (bicyclic) bond motifs is 1. The summed E-state index contributed by atoms with van der Waals surface area (Å²) >= 11 is 0. The number of hydrogen-bond acceptors (Lipinski definition) is 5. The van der Waals surface area contributed by atoms with Crippen molar-refractivity contribution in [3.05, 3.63) is 83.0 Å². The summed E-state index contributed by atoms with van der Waals surface area (Å²) in [4.78, 5) is 24.6. The summed E-state index contributed by atoms with van der Waals surface area (Å²) in [6.45, 7) is 6.16. The van der Waals surface area contributed by atoms with Crippen molar-refractivity contribution in [2.24, 2.45) is 4.99 Å². The standard InChI is InChI=1S/C21H19FN4O2/c1-13-4-5-16(23-8-13)12-28-19-7-17-15(6-18(19)22)10-26(21(17)27)20-11-25(3)14(2)9-24-20/h4-9,11H,2,10,12H2,1,3H3. The van der Waals surface area contributed by atoms with E-state index in [0.29, 0.717) is 22.6 Å². The number of halogens is 1. The maximum absolute atomic E-state index is 14.5. The van der Waals surface area contributed by atoms with Crippen LogP contribution in [0.15, 0.2) is 59.8 Å². The van der Waals surface area contributed by atoms with Crippen molar-refractivity contribution in [3.63, 3.8) is 0 Å². The highest BCUT2D eigenvalue weighted by Gasteiger charge is 2.32.